The molecule has 2 heteroatoms. The van der Waals surface area contributed by atoms with Crippen LogP contribution in [0.3, 0.4) is 0 Å². The third-order valence-electron chi connectivity index (χ3n) is 3.35. The van der Waals surface area contributed by atoms with E-state index in [-0.39, 0.29) is 5.41 Å². The molecule has 0 bridgehead atoms. The minimum absolute atomic E-state index is 0.200. The average molecular weight is 220 g/mol. The largest absolute Gasteiger partial charge is 0.388 e. The Morgan fingerprint density at radius 1 is 1.12 bits per heavy atom. The van der Waals surface area contributed by atoms with Crippen molar-refractivity contribution in [3.63, 3.8) is 0 Å². The number of rotatable bonds is 0. The highest BCUT2D eigenvalue weighted by Gasteiger charge is 2.40. The van der Waals surface area contributed by atoms with E-state index in [1.165, 1.54) is 17.0 Å². The van der Waals surface area contributed by atoms with Gasteiger partial charge >= 0.3 is 0 Å². The van der Waals surface area contributed by atoms with E-state index in [9.17, 15) is 0 Å². The highest BCUT2D eigenvalue weighted by atomic mass is 16.4. The second-order valence-corrected chi connectivity index (χ2v) is 4.69. The number of fused-ring (bicyclic) bond motifs is 1. The number of benzene rings is 1. The van der Waals surface area contributed by atoms with Crippen molar-refractivity contribution in [1.82, 2.24) is 0 Å². The van der Waals surface area contributed by atoms with Gasteiger partial charge < -0.3 is 4.74 Å². The monoisotopic (exact) mass is 220 g/mol. The Labute approximate surface area is 98.6 Å². The summed E-state index contributed by atoms with van der Waals surface area (Å²) in [4.78, 5) is 0. The van der Waals surface area contributed by atoms with Gasteiger partial charge in [0, 0.05) is 32.8 Å². The van der Waals surface area contributed by atoms with Crippen LogP contribution in [0.4, 0.5) is 5.69 Å². The van der Waals surface area contributed by atoms with Crippen molar-refractivity contribution in [2.45, 2.75) is 26.2 Å². The second-order valence-electron chi connectivity index (χ2n) is 4.69. The van der Waals surface area contributed by atoms with Crippen LogP contribution < -0.4 is 0 Å². The number of nitrogens with zero attached hydrogens (tertiary/aromatic N) is 1. The molecule has 1 aliphatic rings. The van der Waals surface area contributed by atoms with Crippen LogP contribution >= 0.6 is 0 Å². The molecule has 88 valence electrons. The lowest BCUT2D eigenvalue weighted by Crippen LogP contribution is -2.25. The standard InChI is InChI=1S/C12H16N.C2H6O/c1-9-12(2,3)10-7-5-6-8-11(10)13(9)4;1-3-2/h5-8H,1-4H3;1-2H3/q+1;. The van der Waals surface area contributed by atoms with Gasteiger partial charge in [-0.25, -0.2) is 4.58 Å². The zero-order valence-corrected chi connectivity index (χ0v) is 11.2. The summed E-state index contributed by atoms with van der Waals surface area (Å²) in [6, 6.07) is 8.63. The lowest BCUT2D eigenvalue weighted by molar-refractivity contribution is -0.403. The first-order valence-corrected chi connectivity index (χ1v) is 5.54. The van der Waals surface area contributed by atoms with E-state index in [4.69, 9.17) is 0 Å². The maximum atomic E-state index is 4.25. The molecule has 1 aliphatic heterocycles. The maximum absolute atomic E-state index is 4.25. The minimum Gasteiger partial charge on any atom is -0.388 e. The van der Waals surface area contributed by atoms with Gasteiger partial charge in [-0.05, 0) is 13.8 Å². The first-order chi connectivity index (χ1) is 7.46. The third kappa shape index (κ3) is 2.03. The van der Waals surface area contributed by atoms with Crippen LogP contribution in [0.15, 0.2) is 24.3 Å². The Hall–Kier alpha value is -1.15. The third-order valence-corrected chi connectivity index (χ3v) is 3.35. The Morgan fingerprint density at radius 3 is 2.12 bits per heavy atom. The molecule has 0 fully saturated rings. The molecule has 0 saturated carbocycles. The molecule has 1 heterocycles. The van der Waals surface area contributed by atoms with Crippen molar-refractivity contribution in [3.8, 4) is 0 Å². The summed E-state index contributed by atoms with van der Waals surface area (Å²) in [5, 5.41) is 0. The Balaban J connectivity index is 0.000000386. The van der Waals surface area contributed by atoms with Crippen LogP contribution in [-0.4, -0.2) is 31.6 Å². The summed E-state index contributed by atoms with van der Waals surface area (Å²) in [6.45, 7) is 6.77. The topological polar surface area (TPSA) is 12.2 Å². The van der Waals surface area contributed by atoms with Crippen LogP contribution in [0, 0.1) is 0 Å². The van der Waals surface area contributed by atoms with E-state index in [0.717, 1.165) is 0 Å². The first-order valence-electron chi connectivity index (χ1n) is 5.54. The van der Waals surface area contributed by atoms with E-state index < -0.39 is 0 Å². The van der Waals surface area contributed by atoms with Crippen molar-refractivity contribution >= 4 is 11.4 Å². The van der Waals surface area contributed by atoms with Crippen molar-refractivity contribution in [3.05, 3.63) is 29.8 Å². The van der Waals surface area contributed by atoms with Gasteiger partial charge in [-0.15, -0.1) is 0 Å². The first kappa shape index (κ1) is 12.9. The molecule has 0 unspecified atom stereocenters. The summed E-state index contributed by atoms with van der Waals surface area (Å²) in [6.07, 6.45) is 0. The zero-order valence-electron chi connectivity index (χ0n) is 11.2. The number of para-hydroxylation sites is 1. The average Bonchev–Trinajstić information content (AvgIpc) is 2.43. The summed E-state index contributed by atoms with van der Waals surface area (Å²) < 4.78 is 6.54. The molecule has 16 heavy (non-hydrogen) atoms. The quantitative estimate of drug-likeness (QED) is 0.612. The Morgan fingerprint density at radius 2 is 1.62 bits per heavy atom. The number of methoxy groups -OCH3 is 1. The van der Waals surface area contributed by atoms with E-state index >= 15 is 0 Å². The summed E-state index contributed by atoms with van der Waals surface area (Å²) in [7, 11) is 5.39. The van der Waals surface area contributed by atoms with Crippen LogP contribution in [0.25, 0.3) is 0 Å². The predicted molar refractivity (Wildman–Crippen MR) is 68.9 cm³/mol. The van der Waals surface area contributed by atoms with Gasteiger partial charge in [0.15, 0.2) is 5.71 Å². The zero-order chi connectivity index (χ0) is 12.3. The van der Waals surface area contributed by atoms with Gasteiger partial charge in [0.1, 0.15) is 7.05 Å². The Kier molecular flexibility index (Phi) is 3.87. The van der Waals surface area contributed by atoms with Gasteiger partial charge in [-0.2, -0.15) is 0 Å². The molecule has 0 radical (unpaired) electrons. The van der Waals surface area contributed by atoms with Gasteiger partial charge in [-0.1, -0.05) is 18.2 Å². The van der Waals surface area contributed by atoms with Gasteiger partial charge in [0.2, 0.25) is 5.69 Å². The lowest BCUT2D eigenvalue weighted by Gasteiger charge is -2.14. The van der Waals surface area contributed by atoms with E-state index in [2.05, 4.69) is 61.4 Å². The normalized spacial score (nSPS) is 16.6. The minimum atomic E-state index is 0.200. The lowest BCUT2D eigenvalue weighted by atomic mass is 9.82. The smallest absolute Gasteiger partial charge is 0.209 e. The van der Waals surface area contributed by atoms with Crippen LogP contribution in [0.5, 0.6) is 0 Å². The fourth-order valence-corrected chi connectivity index (χ4v) is 2.09. The van der Waals surface area contributed by atoms with Crippen molar-refractivity contribution in [2.24, 2.45) is 0 Å². The molecule has 2 nitrogen and oxygen atoms in total. The summed E-state index contributed by atoms with van der Waals surface area (Å²) in [5.74, 6) is 0. The number of hydrogen-bond acceptors (Lipinski definition) is 1. The van der Waals surface area contributed by atoms with Crippen LogP contribution in [-0.2, 0) is 10.2 Å². The van der Waals surface area contributed by atoms with Crippen LogP contribution in [0.2, 0.25) is 0 Å². The molecule has 0 saturated heterocycles. The molecular weight excluding hydrogens is 198 g/mol. The number of ether oxygens (including phenoxy) is 1. The van der Waals surface area contributed by atoms with E-state index in [1.807, 2.05) is 0 Å². The summed E-state index contributed by atoms with van der Waals surface area (Å²) >= 11 is 0. The SMILES string of the molecule is CC1=[N+](C)c2ccccc2C1(C)C.COC. The molecule has 0 aromatic heterocycles. The van der Waals surface area contributed by atoms with Gasteiger partial charge in [0.25, 0.3) is 0 Å². The van der Waals surface area contributed by atoms with Crippen molar-refractivity contribution < 1.29 is 9.31 Å². The van der Waals surface area contributed by atoms with Crippen LogP contribution in [0.1, 0.15) is 26.3 Å². The maximum Gasteiger partial charge on any atom is 0.209 e. The molecule has 1 aromatic carbocycles. The highest BCUT2D eigenvalue weighted by molar-refractivity contribution is 5.93. The summed E-state index contributed by atoms with van der Waals surface area (Å²) in [5.41, 5.74) is 4.42. The molecule has 2 rings (SSSR count). The molecule has 0 amide bonds. The molecule has 0 spiro atoms. The molecule has 1 aromatic rings. The van der Waals surface area contributed by atoms with Crippen molar-refractivity contribution in [1.29, 1.82) is 0 Å². The molecule has 0 atom stereocenters. The van der Waals surface area contributed by atoms with E-state index in [1.54, 1.807) is 14.2 Å². The second kappa shape index (κ2) is 4.79. The molecule has 0 aliphatic carbocycles. The van der Waals surface area contributed by atoms with E-state index in [0.29, 0.717) is 0 Å². The fourth-order valence-electron chi connectivity index (χ4n) is 2.09. The van der Waals surface area contributed by atoms with Crippen molar-refractivity contribution in [2.75, 3.05) is 21.3 Å². The van der Waals surface area contributed by atoms with Gasteiger partial charge in [-0.3, -0.25) is 0 Å². The molecule has 0 N–H and O–H groups in total. The number of hydrogen-bond donors (Lipinski definition) is 0. The highest BCUT2D eigenvalue weighted by Crippen LogP contribution is 2.38. The van der Waals surface area contributed by atoms with Gasteiger partial charge in [0.05, 0.1) is 5.41 Å². The molecular formula is C14H22NO+. The fraction of sp³-hybridized carbons (Fsp3) is 0.500. The Bertz CT molecular complexity index is 405. The predicted octanol–water partition coefficient (Wildman–Crippen LogP) is 2.98.